The van der Waals surface area contributed by atoms with E-state index in [0.717, 1.165) is 51.4 Å². The summed E-state index contributed by atoms with van der Waals surface area (Å²) in [5.41, 5.74) is 0. The van der Waals surface area contributed by atoms with Crippen LogP contribution in [0.3, 0.4) is 0 Å². The van der Waals surface area contributed by atoms with Gasteiger partial charge in [0.1, 0.15) is 0 Å². The lowest BCUT2D eigenvalue weighted by Gasteiger charge is -2.20. The number of carbonyl (C=O) groups is 2. The Morgan fingerprint density at radius 3 is 1.08 bits per heavy atom. The zero-order chi connectivity index (χ0) is 51.4. The van der Waals surface area contributed by atoms with Gasteiger partial charge in [-0.1, -0.05) is 274 Å². The van der Waals surface area contributed by atoms with Crippen molar-refractivity contribution in [3.05, 3.63) is 48.6 Å². The maximum atomic E-state index is 12.5. The van der Waals surface area contributed by atoms with Gasteiger partial charge in [-0.25, -0.2) is 0 Å². The number of aliphatic hydroxyl groups excluding tert-OH is 2. The summed E-state index contributed by atoms with van der Waals surface area (Å²) in [7, 11) is 0. The first-order valence-electron chi connectivity index (χ1n) is 31.4. The number of hydrogen-bond donors (Lipinski definition) is 3. The van der Waals surface area contributed by atoms with E-state index < -0.39 is 12.1 Å². The van der Waals surface area contributed by atoms with Gasteiger partial charge in [0.2, 0.25) is 5.91 Å². The number of unbranched alkanes of at least 4 members (excludes halogenated alkanes) is 41. The zero-order valence-electron chi connectivity index (χ0n) is 47.5. The van der Waals surface area contributed by atoms with Crippen LogP contribution < -0.4 is 5.32 Å². The Balaban J connectivity index is 3.46. The van der Waals surface area contributed by atoms with Crippen LogP contribution in [0, 0.1) is 0 Å². The number of amides is 1. The summed E-state index contributed by atoms with van der Waals surface area (Å²) in [6.07, 6.45) is 77.2. The van der Waals surface area contributed by atoms with Gasteiger partial charge in [-0.15, -0.1) is 0 Å². The second-order valence-electron chi connectivity index (χ2n) is 21.4. The molecule has 6 nitrogen and oxygen atoms in total. The second-order valence-corrected chi connectivity index (χ2v) is 21.4. The number of aliphatic hydroxyl groups is 2. The van der Waals surface area contributed by atoms with Crippen molar-refractivity contribution in [3.8, 4) is 0 Å². The molecule has 0 spiro atoms. The molecule has 3 N–H and O–H groups in total. The van der Waals surface area contributed by atoms with Gasteiger partial charge >= 0.3 is 5.97 Å². The van der Waals surface area contributed by atoms with Crippen LogP contribution in [0.25, 0.3) is 0 Å². The Kier molecular flexibility index (Phi) is 58.5. The topological polar surface area (TPSA) is 95.9 Å². The van der Waals surface area contributed by atoms with Gasteiger partial charge in [0.05, 0.1) is 25.4 Å². The lowest BCUT2D eigenvalue weighted by atomic mass is 10.0. The summed E-state index contributed by atoms with van der Waals surface area (Å²) >= 11 is 0. The van der Waals surface area contributed by atoms with Crippen molar-refractivity contribution >= 4 is 11.9 Å². The molecule has 0 saturated carbocycles. The molecule has 1 amide bonds. The third-order valence-corrected chi connectivity index (χ3v) is 14.3. The molecule has 0 heterocycles. The fourth-order valence-corrected chi connectivity index (χ4v) is 9.48. The minimum atomic E-state index is -0.849. The Bertz CT molecular complexity index is 1190. The van der Waals surface area contributed by atoms with E-state index in [2.05, 4.69) is 55.6 Å². The van der Waals surface area contributed by atoms with Crippen molar-refractivity contribution in [3.63, 3.8) is 0 Å². The number of carbonyl (C=O) groups excluding carboxylic acids is 2. The molecule has 0 aliphatic carbocycles. The Hall–Kier alpha value is -2.18. The summed E-state index contributed by atoms with van der Waals surface area (Å²) in [6, 6.07) is -0.633. The summed E-state index contributed by atoms with van der Waals surface area (Å²) in [6.45, 7) is 4.89. The van der Waals surface area contributed by atoms with Gasteiger partial charge in [0.15, 0.2) is 0 Å². The largest absolute Gasteiger partial charge is 0.466 e. The Morgan fingerprint density at radius 1 is 0.394 bits per heavy atom. The monoisotopic (exact) mass is 996 g/mol. The first-order chi connectivity index (χ1) is 35.0. The fraction of sp³-hybridized carbons (Fsp3) is 0.846. The van der Waals surface area contributed by atoms with E-state index in [-0.39, 0.29) is 18.5 Å². The predicted molar refractivity (Wildman–Crippen MR) is 310 cm³/mol. The van der Waals surface area contributed by atoms with Gasteiger partial charge in [-0.2, -0.15) is 0 Å². The molecular weight excluding hydrogens is 875 g/mol. The van der Waals surface area contributed by atoms with E-state index in [1.165, 1.54) is 250 Å². The summed E-state index contributed by atoms with van der Waals surface area (Å²) < 4.78 is 5.47. The van der Waals surface area contributed by atoms with Crippen molar-refractivity contribution < 1.29 is 24.5 Å². The molecule has 0 saturated heterocycles. The van der Waals surface area contributed by atoms with Gasteiger partial charge < -0.3 is 20.3 Å². The zero-order valence-corrected chi connectivity index (χ0v) is 47.5. The van der Waals surface area contributed by atoms with Crippen molar-refractivity contribution in [2.24, 2.45) is 0 Å². The molecule has 0 fully saturated rings. The lowest BCUT2D eigenvalue weighted by molar-refractivity contribution is -0.143. The highest BCUT2D eigenvalue weighted by Gasteiger charge is 2.18. The van der Waals surface area contributed by atoms with Crippen LogP contribution in [0.4, 0.5) is 0 Å². The minimum Gasteiger partial charge on any atom is -0.466 e. The Labute approximate surface area is 442 Å². The maximum absolute atomic E-state index is 12.5. The maximum Gasteiger partial charge on any atom is 0.305 e. The molecule has 0 aliphatic heterocycles. The SMILES string of the molecule is CCCCCCC/C=C\CCCCCCCC(=O)OCCCCCCCCCCC/C=C\C/C=C\CCCCCCCCCCCC(=O)NC(CO)C(O)/C=C/CCCCCCCCCCCCCCC. The highest BCUT2D eigenvalue weighted by atomic mass is 16.5. The molecule has 0 aromatic carbocycles. The highest BCUT2D eigenvalue weighted by Crippen LogP contribution is 2.16. The number of hydrogen-bond acceptors (Lipinski definition) is 5. The lowest BCUT2D eigenvalue weighted by Crippen LogP contribution is -2.45. The highest BCUT2D eigenvalue weighted by molar-refractivity contribution is 5.76. The van der Waals surface area contributed by atoms with Gasteiger partial charge in [0, 0.05) is 12.8 Å². The molecule has 0 aromatic heterocycles. The van der Waals surface area contributed by atoms with Crippen molar-refractivity contribution in [2.75, 3.05) is 13.2 Å². The van der Waals surface area contributed by atoms with Crippen molar-refractivity contribution in [1.29, 1.82) is 0 Å². The van der Waals surface area contributed by atoms with Gasteiger partial charge in [-0.3, -0.25) is 9.59 Å². The molecule has 416 valence electrons. The summed E-state index contributed by atoms with van der Waals surface area (Å²) in [5, 5.41) is 23.1. The van der Waals surface area contributed by atoms with Crippen LogP contribution in [-0.4, -0.2) is 47.4 Å². The molecule has 71 heavy (non-hydrogen) atoms. The normalized spacial score (nSPS) is 12.9. The standard InChI is InChI=1S/C65H121NO5/c1-3-5-7-9-11-13-15-17-30-33-37-41-45-49-53-57-63(68)62(61-67)66-64(69)58-54-50-46-42-38-34-31-28-26-24-22-20-19-21-23-25-27-29-32-36-40-44-48-52-56-60-71-65(70)59-55-51-47-43-39-35-18-16-14-12-10-8-6-4-2/h16,18,20-23,53,57,62-63,67-68H,3-15,17,19,24-52,54-56,58-61H2,1-2H3,(H,66,69)/b18-16-,22-20-,23-21-,57-53+. The number of rotatable bonds is 58. The van der Waals surface area contributed by atoms with Gasteiger partial charge in [-0.05, 0) is 89.9 Å². The number of ether oxygens (including phenoxy) is 1. The summed E-state index contributed by atoms with van der Waals surface area (Å²) in [5.74, 6) is -0.0739. The smallest absolute Gasteiger partial charge is 0.305 e. The van der Waals surface area contributed by atoms with Crippen LogP contribution in [0.2, 0.25) is 0 Å². The minimum absolute atomic E-state index is 0.000304. The third-order valence-electron chi connectivity index (χ3n) is 14.3. The van der Waals surface area contributed by atoms with E-state index in [1.807, 2.05) is 6.08 Å². The number of allylic oxidation sites excluding steroid dienone is 7. The number of nitrogens with one attached hydrogen (secondary N) is 1. The van der Waals surface area contributed by atoms with E-state index in [0.29, 0.717) is 19.4 Å². The van der Waals surface area contributed by atoms with Crippen LogP contribution in [-0.2, 0) is 14.3 Å². The van der Waals surface area contributed by atoms with Crippen LogP contribution in [0.5, 0.6) is 0 Å². The van der Waals surface area contributed by atoms with Crippen LogP contribution in [0.15, 0.2) is 48.6 Å². The Morgan fingerprint density at radius 2 is 0.704 bits per heavy atom. The molecule has 2 unspecified atom stereocenters. The average molecular weight is 997 g/mol. The molecule has 0 rings (SSSR count). The van der Waals surface area contributed by atoms with Crippen molar-refractivity contribution in [2.45, 2.75) is 341 Å². The average Bonchev–Trinajstić information content (AvgIpc) is 3.37. The fourth-order valence-electron chi connectivity index (χ4n) is 9.48. The predicted octanol–water partition coefficient (Wildman–Crippen LogP) is 19.7. The van der Waals surface area contributed by atoms with E-state index in [1.54, 1.807) is 6.08 Å². The number of esters is 1. The quantitative estimate of drug-likeness (QED) is 0.0321. The van der Waals surface area contributed by atoms with Crippen LogP contribution >= 0.6 is 0 Å². The van der Waals surface area contributed by atoms with E-state index in [4.69, 9.17) is 4.74 Å². The molecule has 0 bridgehead atoms. The molecule has 0 aromatic rings. The summed E-state index contributed by atoms with van der Waals surface area (Å²) in [4.78, 5) is 24.5. The molecule has 6 heteroatoms. The molecular formula is C65H121NO5. The van der Waals surface area contributed by atoms with Gasteiger partial charge in [0.25, 0.3) is 0 Å². The van der Waals surface area contributed by atoms with Crippen LogP contribution in [0.1, 0.15) is 328 Å². The second kappa shape index (κ2) is 60.4. The molecule has 2 atom stereocenters. The third kappa shape index (κ3) is 57.0. The molecule has 0 aliphatic rings. The van der Waals surface area contributed by atoms with E-state index in [9.17, 15) is 19.8 Å². The first kappa shape index (κ1) is 68.8. The first-order valence-corrected chi connectivity index (χ1v) is 31.4. The van der Waals surface area contributed by atoms with E-state index >= 15 is 0 Å². The molecule has 0 radical (unpaired) electrons. The van der Waals surface area contributed by atoms with Crippen molar-refractivity contribution in [1.82, 2.24) is 5.32 Å².